The molecule has 1 N–H and O–H groups in total. The lowest BCUT2D eigenvalue weighted by molar-refractivity contribution is -0.118. The Morgan fingerprint density at radius 3 is 2.75 bits per heavy atom. The number of anilines is 1. The number of amides is 1. The summed E-state index contributed by atoms with van der Waals surface area (Å²) in [6.45, 7) is -0.332. The summed E-state index contributed by atoms with van der Waals surface area (Å²) in [7, 11) is 1.25. The van der Waals surface area contributed by atoms with Gasteiger partial charge in [-0.2, -0.15) is 5.26 Å². The van der Waals surface area contributed by atoms with E-state index in [9.17, 15) is 9.59 Å². The lowest BCUT2D eigenvalue weighted by Gasteiger charge is -2.11. The van der Waals surface area contributed by atoms with E-state index in [1.54, 1.807) is 18.2 Å². The highest BCUT2D eigenvalue weighted by atomic mass is 35.5. The third-order valence-electron chi connectivity index (χ3n) is 2.98. The molecule has 7 heteroatoms. The fraction of sp³-hybridized carbons (Fsp3) is 0.118. The van der Waals surface area contributed by atoms with Gasteiger partial charge in [0.05, 0.1) is 18.7 Å². The molecule has 0 aliphatic carbocycles. The van der Waals surface area contributed by atoms with Crippen LogP contribution < -0.4 is 10.1 Å². The van der Waals surface area contributed by atoms with Crippen LogP contribution in [0, 0.1) is 11.3 Å². The van der Waals surface area contributed by atoms with Crippen LogP contribution in [0.1, 0.15) is 15.9 Å². The highest BCUT2D eigenvalue weighted by Gasteiger charge is 2.15. The summed E-state index contributed by atoms with van der Waals surface area (Å²) in [4.78, 5) is 23.6. The van der Waals surface area contributed by atoms with E-state index in [-0.39, 0.29) is 17.9 Å². The second kappa shape index (κ2) is 7.99. The van der Waals surface area contributed by atoms with Crippen molar-refractivity contribution < 1.29 is 19.1 Å². The van der Waals surface area contributed by atoms with Gasteiger partial charge in [-0.3, -0.25) is 4.79 Å². The van der Waals surface area contributed by atoms with E-state index in [4.69, 9.17) is 21.6 Å². The molecule has 1 amide bonds. The Bertz CT molecular complexity index is 814. The highest BCUT2D eigenvalue weighted by molar-refractivity contribution is 6.30. The Morgan fingerprint density at radius 1 is 1.25 bits per heavy atom. The molecule has 0 unspecified atom stereocenters. The third kappa shape index (κ3) is 4.48. The van der Waals surface area contributed by atoms with Gasteiger partial charge in [0.15, 0.2) is 6.61 Å². The zero-order valence-corrected chi connectivity index (χ0v) is 13.5. The molecule has 0 aromatic heterocycles. The molecule has 0 saturated heterocycles. The number of nitriles is 1. The van der Waals surface area contributed by atoms with Gasteiger partial charge in [0, 0.05) is 10.7 Å². The predicted octanol–water partition coefficient (Wildman–Crippen LogP) is 3.02. The number of esters is 1. The lowest BCUT2D eigenvalue weighted by atomic mass is 10.2. The van der Waals surface area contributed by atoms with Crippen LogP contribution in [-0.4, -0.2) is 25.6 Å². The third-order valence-corrected chi connectivity index (χ3v) is 3.22. The molecule has 0 heterocycles. The first-order valence-corrected chi connectivity index (χ1v) is 7.22. The predicted molar refractivity (Wildman–Crippen MR) is 88.1 cm³/mol. The number of carbonyl (C=O) groups is 2. The maximum Gasteiger partial charge on any atom is 0.341 e. The van der Waals surface area contributed by atoms with Crippen LogP contribution in [0.3, 0.4) is 0 Å². The molecule has 0 atom stereocenters. The van der Waals surface area contributed by atoms with Gasteiger partial charge in [-0.05, 0) is 36.4 Å². The van der Waals surface area contributed by atoms with Crippen molar-refractivity contribution in [3.05, 3.63) is 58.6 Å². The summed E-state index contributed by atoms with van der Waals surface area (Å²) in [6, 6.07) is 12.9. The molecule has 0 fully saturated rings. The highest BCUT2D eigenvalue weighted by Crippen LogP contribution is 2.24. The van der Waals surface area contributed by atoms with Crippen molar-refractivity contribution in [2.75, 3.05) is 19.0 Å². The van der Waals surface area contributed by atoms with Crippen LogP contribution in [0.5, 0.6) is 5.75 Å². The number of rotatable bonds is 5. The van der Waals surface area contributed by atoms with Gasteiger partial charge >= 0.3 is 5.97 Å². The molecule has 0 saturated carbocycles. The van der Waals surface area contributed by atoms with Crippen molar-refractivity contribution in [3.63, 3.8) is 0 Å². The Hall–Kier alpha value is -3.04. The van der Waals surface area contributed by atoms with Crippen LogP contribution >= 0.6 is 11.6 Å². The number of hydrogen-bond acceptors (Lipinski definition) is 5. The normalized spacial score (nSPS) is 9.71. The minimum atomic E-state index is -0.594. The number of nitrogens with zero attached hydrogens (tertiary/aromatic N) is 1. The molecule has 0 aliphatic heterocycles. The number of hydrogen-bond donors (Lipinski definition) is 1. The van der Waals surface area contributed by atoms with Gasteiger partial charge in [-0.15, -0.1) is 0 Å². The van der Waals surface area contributed by atoms with E-state index in [1.165, 1.54) is 31.4 Å². The zero-order chi connectivity index (χ0) is 17.5. The van der Waals surface area contributed by atoms with Crippen LogP contribution in [0.4, 0.5) is 5.69 Å². The summed E-state index contributed by atoms with van der Waals surface area (Å²) in [5, 5.41) is 11.8. The molecular formula is C17H13ClN2O4. The topological polar surface area (TPSA) is 88.4 Å². The number of methoxy groups -OCH3 is 1. The number of benzene rings is 2. The fourth-order valence-electron chi connectivity index (χ4n) is 1.90. The second-order valence-electron chi connectivity index (χ2n) is 4.66. The van der Waals surface area contributed by atoms with E-state index in [0.717, 1.165) is 0 Å². The van der Waals surface area contributed by atoms with Crippen molar-refractivity contribution in [2.24, 2.45) is 0 Å². The minimum Gasteiger partial charge on any atom is -0.483 e. The lowest BCUT2D eigenvalue weighted by Crippen LogP contribution is -2.21. The Labute approximate surface area is 143 Å². The number of ether oxygens (including phenoxy) is 2. The Balaban J connectivity index is 2.05. The summed E-state index contributed by atoms with van der Waals surface area (Å²) in [5.74, 6) is -0.889. The first kappa shape index (κ1) is 17.3. The van der Waals surface area contributed by atoms with Crippen molar-refractivity contribution >= 4 is 29.2 Å². The van der Waals surface area contributed by atoms with E-state index in [0.29, 0.717) is 16.3 Å². The molecule has 24 heavy (non-hydrogen) atoms. The number of nitrogens with one attached hydrogen (secondary N) is 1. The largest absolute Gasteiger partial charge is 0.483 e. The summed E-state index contributed by atoms with van der Waals surface area (Å²) < 4.78 is 10.0. The summed E-state index contributed by atoms with van der Waals surface area (Å²) in [5.41, 5.74) is 1.07. The minimum absolute atomic E-state index is 0.148. The van der Waals surface area contributed by atoms with E-state index >= 15 is 0 Å². The van der Waals surface area contributed by atoms with Gasteiger partial charge in [0.2, 0.25) is 0 Å². The molecule has 2 rings (SSSR count). The molecule has 2 aromatic rings. The van der Waals surface area contributed by atoms with Crippen LogP contribution in [0.15, 0.2) is 42.5 Å². The fourth-order valence-corrected chi connectivity index (χ4v) is 2.06. The van der Waals surface area contributed by atoms with Crippen molar-refractivity contribution in [2.45, 2.75) is 0 Å². The van der Waals surface area contributed by atoms with E-state index in [1.807, 2.05) is 6.07 Å². The van der Waals surface area contributed by atoms with Crippen molar-refractivity contribution in [1.29, 1.82) is 5.26 Å². The molecule has 0 aliphatic rings. The average Bonchev–Trinajstić information content (AvgIpc) is 2.59. The van der Waals surface area contributed by atoms with E-state index < -0.39 is 11.9 Å². The Kier molecular flexibility index (Phi) is 5.77. The zero-order valence-electron chi connectivity index (χ0n) is 12.7. The maximum atomic E-state index is 12.0. The number of carbonyl (C=O) groups excluding carboxylic acids is 2. The second-order valence-corrected chi connectivity index (χ2v) is 5.10. The SMILES string of the molecule is COC(=O)c1ccc(Cl)cc1OCC(=O)Nc1cccc(C#N)c1. The van der Waals surface area contributed by atoms with Gasteiger partial charge in [-0.25, -0.2) is 4.79 Å². The summed E-state index contributed by atoms with van der Waals surface area (Å²) >= 11 is 5.88. The van der Waals surface area contributed by atoms with Gasteiger partial charge < -0.3 is 14.8 Å². The molecule has 6 nitrogen and oxygen atoms in total. The van der Waals surface area contributed by atoms with Crippen LogP contribution in [-0.2, 0) is 9.53 Å². The van der Waals surface area contributed by atoms with Gasteiger partial charge in [-0.1, -0.05) is 17.7 Å². The molecule has 2 aromatic carbocycles. The van der Waals surface area contributed by atoms with Crippen molar-refractivity contribution in [1.82, 2.24) is 0 Å². The monoisotopic (exact) mass is 344 g/mol. The number of halogens is 1. The first-order chi connectivity index (χ1) is 11.5. The quantitative estimate of drug-likeness (QED) is 0.842. The van der Waals surface area contributed by atoms with Crippen molar-refractivity contribution in [3.8, 4) is 11.8 Å². The molecular weight excluding hydrogens is 332 g/mol. The molecule has 0 radical (unpaired) electrons. The maximum absolute atomic E-state index is 12.0. The first-order valence-electron chi connectivity index (χ1n) is 6.84. The molecule has 0 bridgehead atoms. The molecule has 122 valence electrons. The average molecular weight is 345 g/mol. The van der Waals surface area contributed by atoms with Crippen LogP contribution in [0.25, 0.3) is 0 Å². The van der Waals surface area contributed by atoms with E-state index in [2.05, 4.69) is 10.1 Å². The molecule has 0 spiro atoms. The van der Waals surface area contributed by atoms with Crippen LogP contribution in [0.2, 0.25) is 5.02 Å². The van der Waals surface area contributed by atoms with Gasteiger partial charge in [0.1, 0.15) is 11.3 Å². The standard InChI is InChI=1S/C17H13ClN2O4/c1-23-17(22)14-6-5-12(18)8-15(14)24-10-16(21)20-13-4-2-3-11(7-13)9-19/h2-8H,10H2,1H3,(H,20,21). The van der Waals surface area contributed by atoms with Gasteiger partial charge in [0.25, 0.3) is 5.91 Å². The summed E-state index contributed by atoms with van der Waals surface area (Å²) in [6.07, 6.45) is 0. The smallest absolute Gasteiger partial charge is 0.341 e. The Morgan fingerprint density at radius 2 is 2.04 bits per heavy atom.